The van der Waals surface area contributed by atoms with E-state index in [2.05, 4.69) is 24.1 Å². The molecule has 0 aliphatic rings. The van der Waals surface area contributed by atoms with Gasteiger partial charge in [0.05, 0.1) is 7.11 Å². The molecule has 98 valence electrons. The Morgan fingerprint density at radius 1 is 1.33 bits per heavy atom. The van der Waals surface area contributed by atoms with Crippen LogP contribution in [0.25, 0.3) is 0 Å². The highest BCUT2D eigenvalue weighted by Crippen LogP contribution is 2.24. The minimum absolute atomic E-state index is 0.407. The summed E-state index contributed by atoms with van der Waals surface area (Å²) in [7, 11) is 1.65. The Morgan fingerprint density at radius 2 is 2.17 bits per heavy atom. The summed E-state index contributed by atoms with van der Waals surface area (Å²) >= 11 is 0. The molecule has 0 aliphatic carbocycles. The van der Waals surface area contributed by atoms with E-state index in [-0.39, 0.29) is 0 Å². The Bertz CT molecular complexity index is 418. The zero-order chi connectivity index (χ0) is 13.2. The number of nitrogens with one attached hydrogen (secondary N) is 1. The maximum atomic E-state index is 5.66. The van der Waals surface area contributed by atoms with Crippen LogP contribution in [0.2, 0.25) is 0 Å². The lowest BCUT2D eigenvalue weighted by atomic mass is 10.2. The van der Waals surface area contributed by atoms with Crippen LogP contribution in [0.4, 0.5) is 0 Å². The van der Waals surface area contributed by atoms with Crippen LogP contribution >= 0.6 is 0 Å². The first-order valence-electron chi connectivity index (χ1n) is 6.21. The van der Waals surface area contributed by atoms with Gasteiger partial charge in [-0.15, -0.1) is 5.92 Å². The molecule has 1 aromatic rings. The average Bonchev–Trinajstić information content (AvgIpc) is 2.40. The Kier molecular flexibility index (Phi) is 6.75. The van der Waals surface area contributed by atoms with Crippen LogP contribution in [0.15, 0.2) is 18.2 Å². The Morgan fingerprint density at radius 3 is 2.83 bits per heavy atom. The zero-order valence-electron chi connectivity index (χ0n) is 11.4. The Balaban J connectivity index is 2.74. The minimum Gasteiger partial charge on any atom is -0.497 e. The van der Waals surface area contributed by atoms with Gasteiger partial charge in [-0.1, -0.05) is 18.9 Å². The van der Waals surface area contributed by atoms with Crippen molar-refractivity contribution in [2.75, 3.05) is 20.3 Å². The molecule has 0 bridgehead atoms. The third-order valence-corrected chi connectivity index (χ3v) is 2.49. The van der Waals surface area contributed by atoms with Crippen LogP contribution in [0.3, 0.4) is 0 Å². The number of benzene rings is 1. The standard InChI is InChI=1S/C15H21NO2/c1-4-6-10-18-15-11-14(17-3)8-7-13(15)12-16-9-5-2/h7-8,11,16H,5,9-10,12H2,1-3H3. The molecule has 1 aromatic carbocycles. The first-order valence-corrected chi connectivity index (χ1v) is 6.21. The van der Waals surface area contributed by atoms with E-state index >= 15 is 0 Å². The van der Waals surface area contributed by atoms with E-state index in [0.29, 0.717) is 6.61 Å². The second-order valence-corrected chi connectivity index (χ2v) is 3.87. The van der Waals surface area contributed by atoms with Crippen molar-refractivity contribution in [3.8, 4) is 23.3 Å². The van der Waals surface area contributed by atoms with Crippen molar-refractivity contribution in [1.82, 2.24) is 5.32 Å². The quantitative estimate of drug-likeness (QED) is 0.593. The molecular formula is C15H21NO2. The molecule has 18 heavy (non-hydrogen) atoms. The summed E-state index contributed by atoms with van der Waals surface area (Å²) in [6.07, 6.45) is 1.12. The monoisotopic (exact) mass is 247 g/mol. The minimum atomic E-state index is 0.407. The maximum absolute atomic E-state index is 5.66. The van der Waals surface area contributed by atoms with E-state index in [0.717, 1.165) is 36.6 Å². The largest absolute Gasteiger partial charge is 0.497 e. The highest BCUT2D eigenvalue weighted by Gasteiger charge is 2.05. The number of ether oxygens (including phenoxy) is 2. The van der Waals surface area contributed by atoms with Gasteiger partial charge in [0.2, 0.25) is 0 Å². The molecule has 0 aromatic heterocycles. The fraction of sp³-hybridized carbons (Fsp3) is 0.467. The van der Waals surface area contributed by atoms with Crippen LogP contribution in [-0.2, 0) is 6.54 Å². The summed E-state index contributed by atoms with van der Waals surface area (Å²) in [6.45, 7) is 6.16. The second kappa shape index (κ2) is 8.43. The molecule has 0 aliphatic heterocycles. The van der Waals surface area contributed by atoms with Crippen molar-refractivity contribution >= 4 is 0 Å². The first kappa shape index (κ1) is 14.4. The van der Waals surface area contributed by atoms with Crippen molar-refractivity contribution in [2.45, 2.75) is 26.8 Å². The van der Waals surface area contributed by atoms with Crippen LogP contribution in [0.5, 0.6) is 11.5 Å². The van der Waals surface area contributed by atoms with Crippen molar-refractivity contribution in [3.63, 3.8) is 0 Å². The van der Waals surface area contributed by atoms with Crippen molar-refractivity contribution in [3.05, 3.63) is 23.8 Å². The molecule has 0 radical (unpaired) electrons. The topological polar surface area (TPSA) is 30.5 Å². The highest BCUT2D eigenvalue weighted by atomic mass is 16.5. The molecule has 0 saturated carbocycles. The second-order valence-electron chi connectivity index (χ2n) is 3.87. The summed E-state index contributed by atoms with van der Waals surface area (Å²) in [5.41, 5.74) is 1.13. The summed E-state index contributed by atoms with van der Waals surface area (Å²) < 4.78 is 10.9. The van der Waals surface area contributed by atoms with Gasteiger partial charge in [-0.2, -0.15) is 0 Å². The van der Waals surface area contributed by atoms with Crippen molar-refractivity contribution in [1.29, 1.82) is 0 Å². The lowest BCUT2D eigenvalue weighted by Gasteiger charge is -2.12. The summed E-state index contributed by atoms with van der Waals surface area (Å²) in [5.74, 6) is 7.35. The number of hydrogen-bond acceptors (Lipinski definition) is 3. The molecule has 0 spiro atoms. The summed E-state index contributed by atoms with van der Waals surface area (Å²) in [6, 6.07) is 5.87. The number of methoxy groups -OCH3 is 1. The van der Waals surface area contributed by atoms with Gasteiger partial charge < -0.3 is 14.8 Å². The van der Waals surface area contributed by atoms with E-state index in [1.165, 1.54) is 0 Å². The fourth-order valence-electron chi connectivity index (χ4n) is 1.53. The molecule has 0 atom stereocenters. The Labute approximate surface area is 109 Å². The van der Waals surface area contributed by atoms with Gasteiger partial charge in [0.1, 0.15) is 18.1 Å². The van der Waals surface area contributed by atoms with Gasteiger partial charge >= 0.3 is 0 Å². The van der Waals surface area contributed by atoms with E-state index < -0.39 is 0 Å². The first-order chi connectivity index (χ1) is 8.81. The molecule has 0 amide bonds. The molecule has 0 saturated heterocycles. The van der Waals surface area contributed by atoms with Crippen LogP contribution in [-0.4, -0.2) is 20.3 Å². The number of hydrogen-bond donors (Lipinski definition) is 1. The molecule has 1 rings (SSSR count). The molecule has 0 heterocycles. The van der Waals surface area contributed by atoms with Crippen LogP contribution in [0.1, 0.15) is 25.8 Å². The third-order valence-electron chi connectivity index (χ3n) is 2.49. The zero-order valence-corrected chi connectivity index (χ0v) is 11.4. The predicted molar refractivity (Wildman–Crippen MR) is 73.9 cm³/mol. The molecule has 0 unspecified atom stereocenters. The normalized spacial score (nSPS) is 9.50. The van der Waals surface area contributed by atoms with Crippen molar-refractivity contribution in [2.24, 2.45) is 0 Å². The third kappa shape index (κ3) is 4.68. The highest BCUT2D eigenvalue weighted by molar-refractivity contribution is 5.41. The van der Waals surface area contributed by atoms with Gasteiger partial charge in [-0.25, -0.2) is 0 Å². The van der Waals surface area contributed by atoms with E-state index in [9.17, 15) is 0 Å². The van der Waals surface area contributed by atoms with Crippen LogP contribution < -0.4 is 14.8 Å². The fourth-order valence-corrected chi connectivity index (χ4v) is 1.53. The summed E-state index contributed by atoms with van der Waals surface area (Å²) in [4.78, 5) is 0. The lowest BCUT2D eigenvalue weighted by molar-refractivity contribution is 0.358. The van der Waals surface area contributed by atoms with Gasteiger partial charge in [0.25, 0.3) is 0 Å². The molecule has 1 N–H and O–H groups in total. The molecule has 0 fully saturated rings. The molecule has 3 nitrogen and oxygen atoms in total. The Hall–Kier alpha value is -1.66. The van der Waals surface area contributed by atoms with E-state index in [4.69, 9.17) is 9.47 Å². The SMILES string of the molecule is CC#CCOc1cc(OC)ccc1CNCCC. The molecule has 3 heteroatoms. The van der Waals surface area contributed by atoms with E-state index in [1.54, 1.807) is 14.0 Å². The maximum Gasteiger partial charge on any atom is 0.149 e. The molecular weight excluding hydrogens is 226 g/mol. The number of rotatable bonds is 7. The summed E-state index contributed by atoms with van der Waals surface area (Å²) in [5, 5.41) is 3.36. The average molecular weight is 247 g/mol. The van der Waals surface area contributed by atoms with Crippen LogP contribution in [0, 0.1) is 11.8 Å². The smallest absolute Gasteiger partial charge is 0.149 e. The van der Waals surface area contributed by atoms with Gasteiger partial charge in [-0.3, -0.25) is 0 Å². The van der Waals surface area contributed by atoms with Crippen molar-refractivity contribution < 1.29 is 9.47 Å². The van der Waals surface area contributed by atoms with E-state index in [1.807, 2.05) is 18.2 Å². The van der Waals surface area contributed by atoms with Gasteiger partial charge in [0.15, 0.2) is 0 Å². The van der Waals surface area contributed by atoms with Gasteiger partial charge in [-0.05, 0) is 26.0 Å². The van der Waals surface area contributed by atoms with Gasteiger partial charge in [0, 0.05) is 18.2 Å². The predicted octanol–water partition coefficient (Wildman–Crippen LogP) is 2.60. The lowest BCUT2D eigenvalue weighted by Crippen LogP contribution is -2.14.